The zero-order valence-corrected chi connectivity index (χ0v) is 16.3. The number of nitrogens with zero attached hydrogens (tertiary/aromatic N) is 2. The van der Waals surface area contributed by atoms with E-state index in [0.717, 1.165) is 0 Å². The maximum absolute atomic E-state index is 10.2. The van der Waals surface area contributed by atoms with Gasteiger partial charge in [-0.25, -0.2) is 0 Å². The van der Waals surface area contributed by atoms with Gasteiger partial charge in [-0.15, -0.1) is 0 Å². The SMILES string of the molecule is C(=C[n+]1ccccc1)c1ccc(N2CCCC2)cc1.Nc1ccc(C(=O)[O-])cc1. The molecule has 0 spiro atoms. The molecular formula is C24H25N3O2. The lowest BCUT2D eigenvalue weighted by Crippen LogP contribution is -2.23. The molecule has 148 valence electrons. The van der Waals surface area contributed by atoms with Gasteiger partial charge in [0.2, 0.25) is 0 Å². The Morgan fingerprint density at radius 3 is 2.14 bits per heavy atom. The predicted molar refractivity (Wildman–Crippen MR) is 115 cm³/mol. The predicted octanol–water partition coefficient (Wildman–Crippen LogP) is 2.83. The van der Waals surface area contributed by atoms with Crippen LogP contribution in [0.4, 0.5) is 11.4 Å². The molecular weight excluding hydrogens is 362 g/mol. The number of nitrogens with two attached hydrogens (primary N) is 1. The lowest BCUT2D eigenvalue weighted by molar-refractivity contribution is -0.567. The highest BCUT2D eigenvalue weighted by Gasteiger charge is 2.11. The smallest absolute Gasteiger partial charge is 0.175 e. The number of carboxylic acids is 1. The van der Waals surface area contributed by atoms with Crippen LogP contribution in [0.3, 0.4) is 0 Å². The largest absolute Gasteiger partial charge is 0.545 e. The van der Waals surface area contributed by atoms with Crippen LogP contribution in [0, 0.1) is 0 Å². The van der Waals surface area contributed by atoms with Crippen molar-refractivity contribution in [3.8, 4) is 0 Å². The number of aromatic carboxylic acids is 1. The average molecular weight is 387 g/mol. The maximum Gasteiger partial charge on any atom is 0.175 e. The quantitative estimate of drug-likeness (QED) is 0.552. The monoisotopic (exact) mass is 387 g/mol. The van der Waals surface area contributed by atoms with Crippen LogP contribution in [0.25, 0.3) is 12.3 Å². The Hall–Kier alpha value is -3.60. The number of hydrogen-bond donors (Lipinski definition) is 1. The molecule has 1 aromatic heterocycles. The number of carbonyl (C=O) groups excluding carboxylic acids is 1. The third-order valence-corrected chi connectivity index (χ3v) is 4.69. The van der Waals surface area contributed by atoms with Gasteiger partial charge in [0.05, 0.1) is 5.97 Å². The van der Waals surface area contributed by atoms with Crippen LogP contribution in [0.1, 0.15) is 28.8 Å². The molecule has 1 aliphatic rings. The number of aromatic nitrogens is 1. The van der Waals surface area contributed by atoms with Crippen LogP contribution in [-0.2, 0) is 0 Å². The van der Waals surface area contributed by atoms with Crippen LogP contribution >= 0.6 is 0 Å². The summed E-state index contributed by atoms with van der Waals surface area (Å²) in [4.78, 5) is 12.6. The summed E-state index contributed by atoms with van der Waals surface area (Å²) in [6.45, 7) is 2.41. The molecule has 0 unspecified atom stereocenters. The molecule has 3 aromatic rings. The van der Waals surface area contributed by atoms with E-state index in [9.17, 15) is 9.90 Å². The van der Waals surface area contributed by atoms with Crippen LogP contribution in [-0.4, -0.2) is 19.1 Å². The van der Waals surface area contributed by atoms with Gasteiger partial charge in [-0.1, -0.05) is 30.3 Å². The standard InChI is InChI=1S/C17H19N2.C7H7NO2/c1-2-11-18(12-3-1)15-10-16-6-8-17(9-7-16)19-13-4-5-14-19;8-6-3-1-5(2-4-6)7(9)10/h1-3,6-12,15H,4-5,13-14H2;1-4H,8H2,(H,9,10)/q+1;/p-1. The normalized spacial score (nSPS) is 13.2. The molecule has 0 aliphatic carbocycles. The number of rotatable bonds is 4. The van der Waals surface area contributed by atoms with E-state index in [-0.39, 0.29) is 5.56 Å². The van der Waals surface area contributed by atoms with Gasteiger partial charge < -0.3 is 20.5 Å². The fraction of sp³-hybridized carbons (Fsp3) is 0.167. The Kier molecular flexibility index (Phi) is 7.00. The van der Waals surface area contributed by atoms with Gasteiger partial charge in [0.25, 0.3) is 0 Å². The summed E-state index contributed by atoms with van der Waals surface area (Å²) in [6, 6.07) is 20.8. The molecule has 1 saturated heterocycles. The van der Waals surface area contributed by atoms with E-state index in [1.165, 1.54) is 61.4 Å². The Morgan fingerprint density at radius 1 is 0.931 bits per heavy atom. The summed E-state index contributed by atoms with van der Waals surface area (Å²) >= 11 is 0. The van der Waals surface area contributed by atoms with Crippen molar-refractivity contribution >= 4 is 29.6 Å². The summed E-state index contributed by atoms with van der Waals surface area (Å²) in [5, 5.41) is 10.2. The van der Waals surface area contributed by atoms with Crippen molar-refractivity contribution in [1.29, 1.82) is 0 Å². The number of nitrogen functional groups attached to an aromatic ring is 1. The molecule has 0 bridgehead atoms. The first kappa shape index (κ1) is 20.1. The average Bonchev–Trinajstić information content (AvgIpc) is 3.29. The molecule has 5 nitrogen and oxygen atoms in total. The summed E-state index contributed by atoms with van der Waals surface area (Å²) < 4.78 is 2.05. The fourth-order valence-electron chi connectivity index (χ4n) is 3.07. The second-order valence-electron chi connectivity index (χ2n) is 6.83. The van der Waals surface area contributed by atoms with Crippen LogP contribution in [0.15, 0.2) is 79.1 Å². The van der Waals surface area contributed by atoms with Crippen molar-refractivity contribution in [2.24, 2.45) is 0 Å². The topological polar surface area (TPSA) is 73.3 Å². The second-order valence-corrected chi connectivity index (χ2v) is 6.83. The minimum atomic E-state index is -1.18. The number of carboxylic acid groups (broad SMARTS) is 1. The Bertz CT molecular complexity index is 930. The van der Waals surface area contributed by atoms with Gasteiger partial charge in [-0.3, -0.25) is 0 Å². The summed E-state index contributed by atoms with van der Waals surface area (Å²) in [6.07, 6.45) is 10.9. The van der Waals surface area contributed by atoms with E-state index < -0.39 is 5.97 Å². The van der Waals surface area contributed by atoms with Crippen molar-refractivity contribution in [1.82, 2.24) is 0 Å². The first-order chi connectivity index (χ1) is 14.1. The highest BCUT2D eigenvalue weighted by molar-refractivity contribution is 5.86. The van der Waals surface area contributed by atoms with Crippen LogP contribution in [0.5, 0.6) is 0 Å². The zero-order valence-electron chi connectivity index (χ0n) is 16.3. The number of hydrogen-bond acceptors (Lipinski definition) is 4. The summed E-state index contributed by atoms with van der Waals surface area (Å²) in [5.41, 5.74) is 8.59. The molecule has 1 aliphatic heterocycles. The van der Waals surface area contributed by atoms with E-state index in [1.807, 2.05) is 35.2 Å². The minimum absolute atomic E-state index is 0.147. The number of carbonyl (C=O) groups is 1. The van der Waals surface area contributed by atoms with Gasteiger partial charge in [0.15, 0.2) is 18.6 Å². The number of pyridine rings is 1. The first-order valence-corrected chi connectivity index (χ1v) is 9.68. The number of benzene rings is 2. The molecule has 1 fully saturated rings. The van der Waals surface area contributed by atoms with Gasteiger partial charge in [-0.2, -0.15) is 4.57 Å². The van der Waals surface area contributed by atoms with Crippen molar-refractivity contribution in [2.45, 2.75) is 12.8 Å². The van der Waals surface area contributed by atoms with Crippen molar-refractivity contribution in [3.05, 3.63) is 90.3 Å². The lowest BCUT2D eigenvalue weighted by atomic mass is 10.2. The zero-order chi connectivity index (χ0) is 20.5. The molecule has 29 heavy (non-hydrogen) atoms. The summed E-state index contributed by atoms with van der Waals surface area (Å²) in [5.74, 6) is -1.18. The number of anilines is 2. The van der Waals surface area contributed by atoms with Crippen molar-refractivity contribution in [2.75, 3.05) is 23.7 Å². The van der Waals surface area contributed by atoms with Gasteiger partial charge >= 0.3 is 0 Å². The molecule has 5 heteroatoms. The van der Waals surface area contributed by atoms with E-state index in [2.05, 4.69) is 41.4 Å². The van der Waals surface area contributed by atoms with E-state index in [0.29, 0.717) is 5.69 Å². The van der Waals surface area contributed by atoms with E-state index in [1.54, 1.807) is 0 Å². The van der Waals surface area contributed by atoms with Crippen molar-refractivity contribution < 1.29 is 14.5 Å². The molecule has 2 heterocycles. The Balaban J connectivity index is 0.000000204. The van der Waals surface area contributed by atoms with E-state index in [4.69, 9.17) is 5.73 Å². The molecule has 4 rings (SSSR count). The molecule has 0 saturated carbocycles. The van der Waals surface area contributed by atoms with Crippen LogP contribution in [0.2, 0.25) is 0 Å². The third kappa shape index (κ3) is 6.21. The van der Waals surface area contributed by atoms with Gasteiger partial charge in [0, 0.05) is 42.7 Å². The molecule has 2 N–H and O–H groups in total. The van der Waals surface area contributed by atoms with Crippen molar-refractivity contribution in [3.63, 3.8) is 0 Å². The molecule has 0 radical (unpaired) electrons. The Morgan fingerprint density at radius 2 is 1.55 bits per heavy atom. The second kappa shape index (κ2) is 10.1. The molecule has 0 amide bonds. The third-order valence-electron chi connectivity index (χ3n) is 4.69. The fourth-order valence-corrected chi connectivity index (χ4v) is 3.07. The summed E-state index contributed by atoms with van der Waals surface area (Å²) in [7, 11) is 0. The highest BCUT2D eigenvalue weighted by Crippen LogP contribution is 2.20. The minimum Gasteiger partial charge on any atom is -0.545 e. The molecule has 2 aromatic carbocycles. The lowest BCUT2D eigenvalue weighted by Gasteiger charge is -2.17. The van der Waals surface area contributed by atoms with Crippen LogP contribution < -0.4 is 20.3 Å². The van der Waals surface area contributed by atoms with Gasteiger partial charge in [-0.05, 0) is 48.2 Å². The molecule has 0 atom stereocenters. The Labute approximate surface area is 171 Å². The highest BCUT2D eigenvalue weighted by atomic mass is 16.4. The van der Waals surface area contributed by atoms with Gasteiger partial charge in [0.1, 0.15) is 0 Å². The maximum atomic E-state index is 10.2. The van der Waals surface area contributed by atoms with E-state index >= 15 is 0 Å². The first-order valence-electron chi connectivity index (χ1n) is 9.68.